The van der Waals surface area contributed by atoms with Gasteiger partial charge < -0.3 is 10.2 Å². The van der Waals surface area contributed by atoms with Crippen LogP contribution < -0.4 is 9.79 Å². The second-order valence-corrected chi connectivity index (χ2v) is 3.10. The smallest absolute Gasteiger partial charge is 0.372 e. The van der Waals surface area contributed by atoms with E-state index in [9.17, 15) is 9.90 Å². The van der Waals surface area contributed by atoms with Crippen molar-refractivity contribution in [2.24, 2.45) is 0 Å². The van der Waals surface area contributed by atoms with Crippen LogP contribution in [0.5, 0.6) is 5.75 Å². The fourth-order valence-electron chi connectivity index (χ4n) is 1.36. The number of nitrogens with zero attached hydrogens (tertiary/aromatic N) is 2. The summed E-state index contributed by atoms with van der Waals surface area (Å²) in [5, 5.41) is 24.6. The molecule has 0 saturated heterocycles. The summed E-state index contributed by atoms with van der Waals surface area (Å²) in [6, 6.07) is 6.83. The van der Waals surface area contributed by atoms with E-state index in [2.05, 4.69) is 5.10 Å². The minimum atomic E-state index is -1.03. The maximum atomic E-state index is 11.5. The van der Waals surface area contributed by atoms with Gasteiger partial charge in [-0.2, -0.15) is 0 Å². The molecule has 15 heavy (non-hydrogen) atoms. The minimum absolute atomic E-state index is 0.221. The number of benzene rings is 1. The standard InChI is InChI=1S/C10H8N2O3/c13-9-5-12(6-10(14)15)11-8-4-2-1-3-7(8)9/h1-5H,6H2,(H-,11,13,14,15). The molecule has 5 heteroatoms. The van der Waals surface area contributed by atoms with Gasteiger partial charge in [0.15, 0.2) is 6.20 Å². The van der Waals surface area contributed by atoms with Crippen LogP contribution in [0, 0.1) is 0 Å². The molecular formula is C10H8N2O3. The molecule has 1 aromatic carbocycles. The van der Waals surface area contributed by atoms with Crippen LogP contribution >= 0.6 is 0 Å². The molecule has 1 N–H and O–H groups in total. The van der Waals surface area contributed by atoms with Gasteiger partial charge in [0.25, 0.3) is 6.54 Å². The van der Waals surface area contributed by atoms with Crippen molar-refractivity contribution in [3.63, 3.8) is 0 Å². The lowest BCUT2D eigenvalue weighted by Gasteiger charge is -2.05. The zero-order valence-corrected chi connectivity index (χ0v) is 7.75. The van der Waals surface area contributed by atoms with Crippen molar-refractivity contribution in [1.29, 1.82) is 0 Å². The Labute approximate surface area is 85.2 Å². The van der Waals surface area contributed by atoms with Crippen LogP contribution in [0.4, 0.5) is 0 Å². The Morgan fingerprint density at radius 2 is 2.20 bits per heavy atom. The molecule has 2 rings (SSSR count). The van der Waals surface area contributed by atoms with Gasteiger partial charge in [-0.15, -0.1) is 0 Å². The molecule has 0 spiro atoms. The van der Waals surface area contributed by atoms with Crippen molar-refractivity contribution < 1.29 is 19.7 Å². The Bertz CT molecular complexity index is 525. The molecule has 0 radical (unpaired) electrons. The zero-order chi connectivity index (χ0) is 10.8. The molecule has 0 unspecified atom stereocenters. The number of carboxylic acid groups (broad SMARTS) is 1. The number of carbonyl (C=O) groups is 1. The van der Waals surface area contributed by atoms with Crippen LogP contribution in [0.2, 0.25) is 0 Å². The van der Waals surface area contributed by atoms with Crippen LogP contribution in [0.1, 0.15) is 0 Å². The molecule has 5 nitrogen and oxygen atoms in total. The van der Waals surface area contributed by atoms with Gasteiger partial charge in [-0.1, -0.05) is 22.9 Å². The number of fused-ring (bicyclic) bond motifs is 1. The number of rotatable bonds is 2. The van der Waals surface area contributed by atoms with Crippen LogP contribution in [-0.4, -0.2) is 16.2 Å². The van der Waals surface area contributed by atoms with Gasteiger partial charge >= 0.3 is 5.97 Å². The number of carboxylic acids is 1. The molecule has 0 saturated carbocycles. The molecule has 0 fully saturated rings. The lowest BCUT2D eigenvalue weighted by atomic mass is 10.2. The predicted octanol–water partition coefficient (Wildman–Crippen LogP) is -0.320. The van der Waals surface area contributed by atoms with E-state index < -0.39 is 5.97 Å². The normalized spacial score (nSPS) is 10.4. The average molecular weight is 204 g/mol. The first-order valence-electron chi connectivity index (χ1n) is 4.35. The van der Waals surface area contributed by atoms with Gasteiger partial charge in [0, 0.05) is 10.5 Å². The predicted molar refractivity (Wildman–Crippen MR) is 49.0 cm³/mol. The Balaban J connectivity index is 2.57. The summed E-state index contributed by atoms with van der Waals surface area (Å²) in [7, 11) is 0. The number of aliphatic carboxylic acids is 1. The van der Waals surface area contributed by atoms with Crippen LogP contribution in [-0.2, 0) is 11.3 Å². The highest BCUT2D eigenvalue weighted by atomic mass is 16.4. The zero-order valence-electron chi connectivity index (χ0n) is 7.75. The fraction of sp³-hybridized carbons (Fsp3) is 0.100. The van der Waals surface area contributed by atoms with Gasteiger partial charge in [-0.3, -0.25) is 0 Å². The Hall–Kier alpha value is -2.17. The molecule has 0 aliphatic heterocycles. The highest BCUT2D eigenvalue weighted by Gasteiger charge is 2.10. The van der Waals surface area contributed by atoms with Crippen LogP contribution in [0.3, 0.4) is 0 Å². The van der Waals surface area contributed by atoms with Crippen molar-refractivity contribution >= 4 is 16.9 Å². The molecule has 2 aromatic rings. The summed E-state index contributed by atoms with van der Waals surface area (Å²) < 4.78 is 1.13. The first kappa shape index (κ1) is 9.39. The Kier molecular flexibility index (Phi) is 2.21. The highest BCUT2D eigenvalue weighted by molar-refractivity contribution is 5.82. The van der Waals surface area contributed by atoms with Gasteiger partial charge in [-0.05, 0) is 11.8 Å². The lowest BCUT2D eigenvalue weighted by Crippen LogP contribution is -2.41. The second kappa shape index (κ2) is 3.53. The molecule has 76 valence electrons. The second-order valence-electron chi connectivity index (χ2n) is 3.10. The third kappa shape index (κ3) is 1.85. The van der Waals surface area contributed by atoms with E-state index in [1.54, 1.807) is 24.3 Å². The average Bonchev–Trinajstić information content (AvgIpc) is 2.16. The molecule has 0 amide bonds. The quantitative estimate of drug-likeness (QED) is 0.680. The summed E-state index contributed by atoms with van der Waals surface area (Å²) in [6.07, 6.45) is 1.19. The fourth-order valence-corrected chi connectivity index (χ4v) is 1.36. The number of hydrogen-bond acceptors (Lipinski definition) is 3. The molecule has 0 aliphatic rings. The SMILES string of the molecule is O=C(O)C[n+]1cc([O-])c2ccccc2n1. The largest absolute Gasteiger partial charge is 0.868 e. The van der Waals surface area contributed by atoms with E-state index in [4.69, 9.17) is 5.11 Å². The molecule has 1 aromatic heterocycles. The highest BCUT2D eigenvalue weighted by Crippen LogP contribution is 2.16. The lowest BCUT2D eigenvalue weighted by molar-refractivity contribution is -0.743. The summed E-state index contributed by atoms with van der Waals surface area (Å²) >= 11 is 0. The van der Waals surface area contributed by atoms with E-state index in [1.807, 2.05) is 0 Å². The minimum Gasteiger partial charge on any atom is -0.868 e. The van der Waals surface area contributed by atoms with E-state index in [0.717, 1.165) is 4.68 Å². The third-order valence-electron chi connectivity index (χ3n) is 1.97. The van der Waals surface area contributed by atoms with E-state index >= 15 is 0 Å². The monoisotopic (exact) mass is 204 g/mol. The maximum absolute atomic E-state index is 11.5. The molecule has 1 heterocycles. The Morgan fingerprint density at radius 1 is 1.47 bits per heavy atom. The summed E-state index contributed by atoms with van der Waals surface area (Å²) in [6.45, 7) is -0.305. The maximum Gasteiger partial charge on any atom is 0.372 e. The summed E-state index contributed by atoms with van der Waals surface area (Å²) in [5.41, 5.74) is 0.506. The van der Waals surface area contributed by atoms with Gasteiger partial charge in [0.05, 0.1) is 0 Å². The van der Waals surface area contributed by atoms with Gasteiger partial charge in [0.2, 0.25) is 0 Å². The van der Waals surface area contributed by atoms with Crippen molar-refractivity contribution in [2.75, 3.05) is 0 Å². The topological polar surface area (TPSA) is 77.1 Å². The van der Waals surface area contributed by atoms with Gasteiger partial charge in [0.1, 0.15) is 5.52 Å². The van der Waals surface area contributed by atoms with Crippen LogP contribution in [0.15, 0.2) is 30.5 Å². The van der Waals surface area contributed by atoms with Crippen molar-refractivity contribution in [2.45, 2.75) is 6.54 Å². The Morgan fingerprint density at radius 3 is 2.93 bits per heavy atom. The third-order valence-corrected chi connectivity index (χ3v) is 1.97. The molecule has 0 aliphatic carbocycles. The van der Waals surface area contributed by atoms with Crippen molar-refractivity contribution in [1.82, 2.24) is 5.10 Å². The number of hydrogen-bond donors (Lipinski definition) is 1. The molecule has 0 bridgehead atoms. The van der Waals surface area contributed by atoms with Crippen LogP contribution in [0.25, 0.3) is 10.9 Å². The van der Waals surface area contributed by atoms with Crippen molar-refractivity contribution in [3.8, 4) is 5.75 Å². The van der Waals surface area contributed by atoms with E-state index in [1.165, 1.54) is 6.20 Å². The summed E-state index contributed by atoms with van der Waals surface area (Å²) in [4.78, 5) is 10.5. The summed E-state index contributed by atoms with van der Waals surface area (Å²) in [5.74, 6) is -1.25. The van der Waals surface area contributed by atoms with E-state index in [0.29, 0.717) is 10.9 Å². The first-order valence-corrected chi connectivity index (χ1v) is 4.35. The molecule has 0 atom stereocenters. The molecular weight excluding hydrogens is 196 g/mol. The van der Waals surface area contributed by atoms with Gasteiger partial charge in [-0.25, -0.2) is 4.79 Å². The first-order chi connectivity index (χ1) is 7.16. The van der Waals surface area contributed by atoms with Crippen molar-refractivity contribution in [3.05, 3.63) is 30.5 Å². The number of aromatic nitrogens is 2. The van der Waals surface area contributed by atoms with E-state index in [-0.39, 0.29) is 12.3 Å².